The van der Waals surface area contributed by atoms with E-state index < -0.39 is 0 Å². The van der Waals surface area contributed by atoms with Crippen LogP contribution in [-0.2, 0) is 0 Å². The van der Waals surface area contributed by atoms with Gasteiger partial charge in [0.1, 0.15) is 0 Å². The molecule has 0 N–H and O–H groups in total. The van der Waals surface area contributed by atoms with Gasteiger partial charge >= 0.3 is 0 Å². The van der Waals surface area contributed by atoms with Crippen LogP contribution in [0.5, 0.6) is 0 Å². The maximum Gasteiger partial charge on any atom is -0.00667 e. The van der Waals surface area contributed by atoms with Crippen LogP contribution in [0.4, 0.5) is 0 Å². The molecule has 0 nitrogen and oxygen atoms in total. The highest BCUT2D eigenvalue weighted by atomic mass is 32.1. The first-order valence-corrected chi connectivity index (χ1v) is 5.66. The molecule has 0 aromatic rings. The molecule has 2 unspecified atom stereocenters. The van der Waals surface area contributed by atoms with Gasteiger partial charge in [0, 0.05) is 0 Å². The molecule has 0 aliphatic heterocycles. The van der Waals surface area contributed by atoms with Crippen molar-refractivity contribution in [3.8, 4) is 0 Å². The van der Waals surface area contributed by atoms with E-state index >= 15 is 0 Å². The van der Waals surface area contributed by atoms with Crippen LogP contribution in [-0.4, -0.2) is 5.75 Å². The molecule has 2 rings (SSSR count). The summed E-state index contributed by atoms with van der Waals surface area (Å²) in [6.07, 6.45) is 9.02. The Bertz CT molecular complexity index is 125. The zero-order valence-corrected chi connectivity index (χ0v) is 8.02. The summed E-state index contributed by atoms with van der Waals surface area (Å²) in [5.74, 6) is 4.30. The first-order valence-electron chi connectivity index (χ1n) is 5.02. The van der Waals surface area contributed by atoms with E-state index in [2.05, 4.69) is 12.6 Å². The maximum absolute atomic E-state index is 4.40. The van der Waals surface area contributed by atoms with E-state index in [1.54, 1.807) is 0 Å². The summed E-state index contributed by atoms with van der Waals surface area (Å²) >= 11 is 4.40. The average molecular weight is 170 g/mol. The van der Waals surface area contributed by atoms with E-state index in [0.29, 0.717) is 0 Å². The summed E-state index contributed by atoms with van der Waals surface area (Å²) in [7, 11) is 0. The summed E-state index contributed by atoms with van der Waals surface area (Å²) in [5, 5.41) is 0. The van der Waals surface area contributed by atoms with Crippen LogP contribution in [0.2, 0.25) is 0 Å². The van der Waals surface area contributed by atoms with Gasteiger partial charge in [0.05, 0.1) is 0 Å². The fourth-order valence-electron chi connectivity index (χ4n) is 2.83. The van der Waals surface area contributed by atoms with E-state index in [9.17, 15) is 0 Å². The Morgan fingerprint density at radius 3 is 2.18 bits per heavy atom. The van der Waals surface area contributed by atoms with Gasteiger partial charge in [-0.3, -0.25) is 0 Å². The van der Waals surface area contributed by atoms with Gasteiger partial charge in [0.2, 0.25) is 0 Å². The maximum atomic E-state index is 4.40. The molecule has 0 radical (unpaired) electrons. The predicted octanol–water partition coefficient (Wildman–Crippen LogP) is 3.13. The fraction of sp³-hybridized carbons (Fsp3) is 1.00. The molecule has 0 amide bonds. The molecule has 2 fully saturated rings. The van der Waals surface area contributed by atoms with Crippen LogP contribution in [0.25, 0.3) is 0 Å². The second-order valence-corrected chi connectivity index (χ2v) is 4.59. The van der Waals surface area contributed by atoms with Crippen LogP contribution in [0, 0.1) is 17.8 Å². The monoisotopic (exact) mass is 170 g/mol. The molecule has 0 saturated heterocycles. The van der Waals surface area contributed by atoms with Gasteiger partial charge in [0.15, 0.2) is 0 Å². The van der Waals surface area contributed by atoms with Gasteiger partial charge in [-0.1, -0.05) is 25.7 Å². The van der Waals surface area contributed by atoms with Gasteiger partial charge in [-0.05, 0) is 36.3 Å². The number of thiol groups is 1. The summed E-state index contributed by atoms with van der Waals surface area (Å²) < 4.78 is 0. The normalized spacial score (nSPS) is 39.0. The van der Waals surface area contributed by atoms with Gasteiger partial charge < -0.3 is 0 Å². The molecule has 0 aromatic carbocycles. The largest absolute Gasteiger partial charge is 0.179 e. The smallest absolute Gasteiger partial charge is 0.00667 e. The van der Waals surface area contributed by atoms with Crippen molar-refractivity contribution in [2.45, 2.75) is 38.5 Å². The Kier molecular flexibility index (Phi) is 2.45. The SMILES string of the molecule is SCC1CCC1C1CCCC1. The van der Waals surface area contributed by atoms with Crippen LogP contribution in [0.15, 0.2) is 0 Å². The van der Waals surface area contributed by atoms with Crippen LogP contribution in [0.1, 0.15) is 38.5 Å². The van der Waals surface area contributed by atoms with E-state index in [1.807, 2.05) is 0 Å². The van der Waals surface area contributed by atoms with Crippen molar-refractivity contribution in [1.82, 2.24) is 0 Å². The minimum atomic E-state index is 0.987. The van der Waals surface area contributed by atoms with E-state index in [1.165, 1.54) is 38.5 Å². The second kappa shape index (κ2) is 3.38. The lowest BCUT2D eigenvalue weighted by Gasteiger charge is -2.40. The van der Waals surface area contributed by atoms with Gasteiger partial charge in [-0.2, -0.15) is 12.6 Å². The van der Waals surface area contributed by atoms with Crippen LogP contribution < -0.4 is 0 Å². The lowest BCUT2D eigenvalue weighted by Crippen LogP contribution is -2.32. The lowest BCUT2D eigenvalue weighted by atomic mass is 9.67. The molecule has 2 aliphatic rings. The molecule has 0 heterocycles. The molecule has 11 heavy (non-hydrogen) atoms. The third-order valence-corrected chi connectivity index (χ3v) is 4.19. The standard InChI is InChI=1S/C10H18S/c11-7-9-5-6-10(9)8-3-1-2-4-8/h8-11H,1-7H2. The highest BCUT2D eigenvalue weighted by Gasteiger charge is 2.36. The van der Waals surface area contributed by atoms with E-state index in [4.69, 9.17) is 0 Å². The summed E-state index contributed by atoms with van der Waals surface area (Å²) in [4.78, 5) is 0. The highest BCUT2D eigenvalue weighted by molar-refractivity contribution is 7.80. The number of hydrogen-bond acceptors (Lipinski definition) is 1. The molecule has 0 spiro atoms. The van der Waals surface area contributed by atoms with Crippen molar-refractivity contribution < 1.29 is 0 Å². The van der Waals surface area contributed by atoms with Gasteiger partial charge in [0.25, 0.3) is 0 Å². The van der Waals surface area contributed by atoms with Crippen molar-refractivity contribution in [2.24, 2.45) is 17.8 Å². The van der Waals surface area contributed by atoms with Gasteiger partial charge in [-0.25, -0.2) is 0 Å². The summed E-state index contributed by atoms with van der Waals surface area (Å²) in [6.45, 7) is 0. The van der Waals surface area contributed by atoms with Crippen molar-refractivity contribution in [2.75, 3.05) is 5.75 Å². The van der Waals surface area contributed by atoms with Gasteiger partial charge in [-0.15, -0.1) is 0 Å². The minimum Gasteiger partial charge on any atom is -0.179 e. The summed E-state index contributed by atoms with van der Waals surface area (Å²) in [5.41, 5.74) is 0. The lowest BCUT2D eigenvalue weighted by molar-refractivity contribution is 0.126. The molecule has 2 aliphatic carbocycles. The zero-order chi connectivity index (χ0) is 7.68. The third kappa shape index (κ3) is 1.44. The highest BCUT2D eigenvalue weighted by Crippen LogP contribution is 2.46. The first kappa shape index (κ1) is 7.97. The molecule has 2 atom stereocenters. The van der Waals surface area contributed by atoms with Crippen molar-refractivity contribution in [3.63, 3.8) is 0 Å². The minimum absolute atomic E-state index is 0.987. The number of rotatable bonds is 2. The topological polar surface area (TPSA) is 0 Å². The zero-order valence-electron chi connectivity index (χ0n) is 7.13. The van der Waals surface area contributed by atoms with Crippen LogP contribution in [0.3, 0.4) is 0 Å². The molecule has 1 heteroatoms. The molecule has 0 bridgehead atoms. The first-order chi connectivity index (χ1) is 5.42. The average Bonchev–Trinajstić information content (AvgIpc) is 2.39. The van der Waals surface area contributed by atoms with E-state index in [-0.39, 0.29) is 0 Å². The number of hydrogen-bond donors (Lipinski definition) is 1. The Morgan fingerprint density at radius 2 is 1.73 bits per heavy atom. The Balaban J connectivity index is 1.84. The van der Waals surface area contributed by atoms with Crippen molar-refractivity contribution in [1.29, 1.82) is 0 Å². The summed E-state index contributed by atoms with van der Waals surface area (Å²) in [6, 6.07) is 0. The third-order valence-electron chi connectivity index (χ3n) is 3.72. The quantitative estimate of drug-likeness (QED) is 0.605. The molecule has 0 aromatic heterocycles. The molecule has 2 saturated carbocycles. The van der Waals surface area contributed by atoms with Crippen molar-refractivity contribution in [3.05, 3.63) is 0 Å². The van der Waals surface area contributed by atoms with Crippen molar-refractivity contribution >= 4 is 12.6 Å². The molecular weight excluding hydrogens is 152 g/mol. The Hall–Kier alpha value is 0.350. The Morgan fingerprint density at radius 1 is 1.00 bits per heavy atom. The predicted molar refractivity (Wildman–Crippen MR) is 52.0 cm³/mol. The molecule has 64 valence electrons. The van der Waals surface area contributed by atoms with E-state index in [0.717, 1.165) is 23.5 Å². The van der Waals surface area contributed by atoms with Crippen LogP contribution >= 0.6 is 12.6 Å². The second-order valence-electron chi connectivity index (χ2n) is 4.23. The molecular formula is C10H18S. The Labute approximate surface area is 75.2 Å². The fourth-order valence-corrected chi connectivity index (χ4v) is 3.28.